The van der Waals surface area contributed by atoms with Crippen LogP contribution in [0.25, 0.3) is 11.0 Å². The number of rotatable bonds is 6. The first-order chi connectivity index (χ1) is 10.2. The van der Waals surface area contributed by atoms with Crippen molar-refractivity contribution in [1.82, 2.24) is 5.32 Å². The first-order valence-electron chi connectivity index (χ1n) is 7.06. The molecule has 2 aromatic rings. The van der Waals surface area contributed by atoms with Crippen LogP contribution in [-0.4, -0.2) is 19.6 Å². The minimum Gasteiger partial charge on any atom is -0.493 e. The van der Waals surface area contributed by atoms with Crippen LogP contribution >= 0.6 is 0 Å². The van der Waals surface area contributed by atoms with Gasteiger partial charge in [0.15, 0.2) is 11.3 Å². The van der Waals surface area contributed by atoms with E-state index >= 15 is 0 Å². The molecule has 5 nitrogen and oxygen atoms in total. The Labute approximate surface area is 122 Å². The fraction of sp³-hybridized carbons (Fsp3) is 0.375. The van der Waals surface area contributed by atoms with Crippen molar-refractivity contribution in [1.29, 1.82) is 0 Å². The third kappa shape index (κ3) is 3.42. The number of hydrogen-bond acceptors (Lipinski definition) is 4. The lowest BCUT2D eigenvalue weighted by Crippen LogP contribution is -2.29. The molecule has 5 heteroatoms. The lowest BCUT2D eigenvalue weighted by atomic mass is 10.1. The van der Waals surface area contributed by atoms with E-state index in [0.29, 0.717) is 23.3 Å². The van der Waals surface area contributed by atoms with E-state index in [1.807, 2.05) is 0 Å². The number of hydrogen-bond donors (Lipinski definition) is 1. The molecule has 112 valence electrons. The summed E-state index contributed by atoms with van der Waals surface area (Å²) < 4.78 is 10.4. The van der Waals surface area contributed by atoms with E-state index in [1.54, 1.807) is 24.3 Å². The summed E-state index contributed by atoms with van der Waals surface area (Å²) in [6.45, 7) is 2.65. The highest BCUT2D eigenvalue weighted by Crippen LogP contribution is 2.24. The number of amides is 1. The van der Waals surface area contributed by atoms with E-state index < -0.39 is 11.5 Å². The molecule has 1 N–H and O–H groups in total. The molecule has 0 radical (unpaired) electrons. The maximum absolute atomic E-state index is 12.0. The van der Waals surface area contributed by atoms with Gasteiger partial charge in [0.1, 0.15) is 5.56 Å². The summed E-state index contributed by atoms with van der Waals surface area (Å²) in [6.07, 6.45) is 3.02. The van der Waals surface area contributed by atoms with Gasteiger partial charge in [-0.05, 0) is 18.6 Å². The number of nitrogens with one attached hydrogen (secondary N) is 1. The maximum atomic E-state index is 12.0. The highest BCUT2D eigenvalue weighted by molar-refractivity contribution is 5.97. The average Bonchev–Trinajstić information content (AvgIpc) is 2.50. The summed E-state index contributed by atoms with van der Waals surface area (Å²) in [7, 11) is 1.50. The molecule has 2 rings (SSSR count). The van der Waals surface area contributed by atoms with Gasteiger partial charge >= 0.3 is 5.63 Å². The molecule has 0 saturated carbocycles. The first kappa shape index (κ1) is 15.1. The van der Waals surface area contributed by atoms with Crippen molar-refractivity contribution in [3.05, 3.63) is 40.2 Å². The van der Waals surface area contributed by atoms with Gasteiger partial charge < -0.3 is 14.5 Å². The van der Waals surface area contributed by atoms with Crippen molar-refractivity contribution in [3.8, 4) is 5.75 Å². The Kier molecular flexibility index (Phi) is 4.98. The van der Waals surface area contributed by atoms with Gasteiger partial charge in [-0.25, -0.2) is 4.79 Å². The van der Waals surface area contributed by atoms with Gasteiger partial charge in [-0.3, -0.25) is 4.79 Å². The number of fused-ring (bicyclic) bond motifs is 1. The molecule has 0 spiro atoms. The second-order valence-electron chi connectivity index (χ2n) is 4.79. The third-order valence-electron chi connectivity index (χ3n) is 3.25. The van der Waals surface area contributed by atoms with Gasteiger partial charge in [0.2, 0.25) is 0 Å². The second kappa shape index (κ2) is 6.92. The zero-order valence-electron chi connectivity index (χ0n) is 12.3. The molecule has 0 bridgehead atoms. The normalized spacial score (nSPS) is 10.6. The van der Waals surface area contributed by atoms with E-state index in [9.17, 15) is 9.59 Å². The molecule has 1 heterocycles. The highest BCUT2D eigenvalue weighted by atomic mass is 16.5. The van der Waals surface area contributed by atoms with Crippen molar-refractivity contribution in [2.24, 2.45) is 0 Å². The minimum atomic E-state index is -0.653. The molecular formula is C16H19NO4. The highest BCUT2D eigenvalue weighted by Gasteiger charge is 2.14. The average molecular weight is 289 g/mol. The molecule has 0 fully saturated rings. The monoisotopic (exact) mass is 289 g/mol. The smallest absolute Gasteiger partial charge is 0.349 e. The van der Waals surface area contributed by atoms with E-state index in [1.165, 1.54) is 7.11 Å². The van der Waals surface area contributed by atoms with Crippen molar-refractivity contribution in [3.63, 3.8) is 0 Å². The summed E-state index contributed by atoms with van der Waals surface area (Å²) in [5.74, 6) is 0.0732. The van der Waals surface area contributed by atoms with Crippen LogP contribution in [-0.2, 0) is 0 Å². The molecule has 0 aliphatic rings. The van der Waals surface area contributed by atoms with Crippen LogP contribution in [0, 0.1) is 0 Å². The number of para-hydroxylation sites is 1. The molecule has 0 saturated heterocycles. The number of ether oxygens (including phenoxy) is 1. The third-order valence-corrected chi connectivity index (χ3v) is 3.25. The van der Waals surface area contributed by atoms with Gasteiger partial charge in [0.05, 0.1) is 7.11 Å². The van der Waals surface area contributed by atoms with E-state index in [0.717, 1.165) is 19.3 Å². The van der Waals surface area contributed by atoms with Crippen LogP contribution in [0.5, 0.6) is 5.75 Å². The SMILES string of the molecule is CCCCCNC(=O)c1cc2cccc(OC)c2oc1=O. The molecule has 0 aliphatic heterocycles. The van der Waals surface area contributed by atoms with Crippen molar-refractivity contribution in [2.75, 3.05) is 13.7 Å². The van der Waals surface area contributed by atoms with Crippen molar-refractivity contribution in [2.45, 2.75) is 26.2 Å². The molecule has 0 atom stereocenters. The zero-order valence-corrected chi connectivity index (χ0v) is 12.3. The van der Waals surface area contributed by atoms with Crippen LogP contribution < -0.4 is 15.7 Å². The first-order valence-corrected chi connectivity index (χ1v) is 7.06. The van der Waals surface area contributed by atoms with Crippen molar-refractivity contribution >= 4 is 16.9 Å². The second-order valence-corrected chi connectivity index (χ2v) is 4.79. The van der Waals surface area contributed by atoms with E-state index in [-0.39, 0.29) is 5.56 Å². The minimum absolute atomic E-state index is 0.0206. The van der Waals surface area contributed by atoms with Crippen molar-refractivity contribution < 1.29 is 13.9 Å². The summed E-state index contributed by atoms with van der Waals surface area (Å²) in [5, 5.41) is 3.40. The number of carbonyl (C=O) groups is 1. The van der Waals surface area contributed by atoms with Crippen LogP contribution in [0.3, 0.4) is 0 Å². The zero-order chi connectivity index (χ0) is 15.2. The lowest BCUT2D eigenvalue weighted by molar-refractivity contribution is 0.0949. The Hall–Kier alpha value is -2.30. The summed E-state index contributed by atoms with van der Waals surface area (Å²) in [4.78, 5) is 24.0. The van der Waals surface area contributed by atoms with E-state index in [2.05, 4.69) is 12.2 Å². The fourth-order valence-electron chi connectivity index (χ4n) is 2.11. The predicted octanol–water partition coefficient (Wildman–Crippen LogP) is 2.72. The Bertz CT molecular complexity index is 690. The number of methoxy groups -OCH3 is 1. The van der Waals surface area contributed by atoms with Gasteiger partial charge in [-0.2, -0.15) is 0 Å². The largest absolute Gasteiger partial charge is 0.493 e. The number of unbranched alkanes of at least 4 members (excludes halogenated alkanes) is 2. The fourth-order valence-corrected chi connectivity index (χ4v) is 2.11. The van der Waals surface area contributed by atoms with Gasteiger partial charge in [0, 0.05) is 11.9 Å². The maximum Gasteiger partial charge on any atom is 0.349 e. The van der Waals surface area contributed by atoms with Crippen LogP contribution in [0.1, 0.15) is 36.5 Å². The number of benzene rings is 1. The van der Waals surface area contributed by atoms with Crippen LogP contribution in [0.2, 0.25) is 0 Å². The molecular weight excluding hydrogens is 270 g/mol. The lowest BCUT2D eigenvalue weighted by Gasteiger charge is -2.06. The molecule has 1 aromatic heterocycles. The molecule has 0 unspecified atom stereocenters. The Morgan fingerprint density at radius 2 is 2.14 bits per heavy atom. The molecule has 1 amide bonds. The quantitative estimate of drug-likeness (QED) is 0.656. The Morgan fingerprint density at radius 3 is 2.86 bits per heavy atom. The molecule has 1 aromatic carbocycles. The predicted molar refractivity (Wildman–Crippen MR) is 80.9 cm³/mol. The van der Waals surface area contributed by atoms with Gasteiger partial charge in [-0.15, -0.1) is 0 Å². The van der Waals surface area contributed by atoms with E-state index in [4.69, 9.17) is 9.15 Å². The van der Waals surface area contributed by atoms with Gasteiger partial charge in [0.25, 0.3) is 5.91 Å². The molecule has 21 heavy (non-hydrogen) atoms. The van der Waals surface area contributed by atoms with Gasteiger partial charge in [-0.1, -0.05) is 31.9 Å². The summed E-state index contributed by atoms with van der Waals surface area (Å²) >= 11 is 0. The topological polar surface area (TPSA) is 68.5 Å². The summed E-state index contributed by atoms with van der Waals surface area (Å²) in [5.41, 5.74) is -0.278. The standard InChI is InChI=1S/C16H19NO4/c1-3-4-5-9-17-15(18)12-10-11-7-6-8-13(20-2)14(11)21-16(12)19/h6-8,10H,3-5,9H2,1-2H3,(H,17,18). The molecule has 0 aliphatic carbocycles. The van der Waals surface area contributed by atoms with Crippen LogP contribution in [0.4, 0.5) is 0 Å². The van der Waals surface area contributed by atoms with Crippen LogP contribution in [0.15, 0.2) is 33.5 Å². The Balaban J connectivity index is 2.27. The number of carbonyl (C=O) groups excluding carboxylic acids is 1. The Morgan fingerprint density at radius 1 is 1.33 bits per heavy atom. The summed E-state index contributed by atoms with van der Waals surface area (Å²) in [6, 6.07) is 6.80.